The van der Waals surface area contributed by atoms with Crippen LogP contribution in [0.5, 0.6) is 0 Å². The molecule has 1 aliphatic heterocycles. The molecular weight excluding hydrogens is 443 g/mol. The number of hydrogen-bond donors (Lipinski definition) is 4. The van der Waals surface area contributed by atoms with Crippen LogP contribution in [0, 0.1) is 17.7 Å². The van der Waals surface area contributed by atoms with Crippen LogP contribution in [0.15, 0.2) is 24.3 Å². The van der Waals surface area contributed by atoms with Crippen LogP contribution in [0.2, 0.25) is 0 Å². The Morgan fingerprint density at radius 3 is 2.38 bits per heavy atom. The topological polar surface area (TPSA) is 140 Å². The monoisotopic (exact) mass is 476 g/mol. The van der Waals surface area contributed by atoms with Crippen LogP contribution in [0.25, 0.3) is 0 Å². The lowest BCUT2D eigenvalue weighted by Gasteiger charge is -2.27. The summed E-state index contributed by atoms with van der Waals surface area (Å²) in [6.07, 6.45) is 4.08. The first-order valence-corrected chi connectivity index (χ1v) is 11.7. The Morgan fingerprint density at radius 2 is 1.76 bits per heavy atom. The molecule has 1 aromatic carbocycles. The summed E-state index contributed by atoms with van der Waals surface area (Å²) in [6.45, 7) is 0.595. The molecule has 34 heavy (non-hydrogen) atoms. The third kappa shape index (κ3) is 7.51. The quantitative estimate of drug-likeness (QED) is 0.344. The smallest absolute Gasteiger partial charge is 0.328 e. The lowest BCUT2D eigenvalue weighted by molar-refractivity contribution is -0.146. The zero-order chi connectivity index (χ0) is 24.7. The molecule has 3 rings (SSSR count). The second-order valence-electron chi connectivity index (χ2n) is 9.13. The van der Waals surface area contributed by atoms with Crippen LogP contribution in [0.3, 0.4) is 0 Å². The molecule has 3 amide bonds. The summed E-state index contributed by atoms with van der Waals surface area (Å²) in [5.74, 6) is -2.29. The second-order valence-corrected chi connectivity index (χ2v) is 9.13. The van der Waals surface area contributed by atoms with Gasteiger partial charge >= 0.3 is 5.97 Å². The van der Waals surface area contributed by atoms with Crippen LogP contribution in [-0.4, -0.2) is 55.5 Å². The average Bonchev–Trinajstić information content (AvgIpc) is 3.64. The van der Waals surface area contributed by atoms with Crippen LogP contribution < -0.4 is 21.7 Å². The van der Waals surface area contributed by atoms with Crippen molar-refractivity contribution in [1.82, 2.24) is 16.0 Å². The fourth-order valence-corrected chi connectivity index (χ4v) is 4.14. The van der Waals surface area contributed by atoms with E-state index in [1.54, 1.807) is 12.1 Å². The van der Waals surface area contributed by atoms with Crippen molar-refractivity contribution >= 4 is 23.7 Å². The van der Waals surface area contributed by atoms with E-state index in [-0.39, 0.29) is 24.6 Å². The number of methoxy groups -OCH3 is 1. The summed E-state index contributed by atoms with van der Waals surface area (Å²) in [5, 5.41) is 8.16. The van der Waals surface area contributed by atoms with E-state index in [4.69, 9.17) is 10.5 Å². The fraction of sp³-hybridized carbons (Fsp3) is 0.583. The molecule has 1 aliphatic carbocycles. The summed E-state index contributed by atoms with van der Waals surface area (Å²) in [4.78, 5) is 50.3. The van der Waals surface area contributed by atoms with Gasteiger partial charge in [0.1, 0.15) is 17.9 Å². The standard InChI is InChI=1S/C24H33FN4O5/c1-34-24(33)20(13-16-3-2-10-27-21(16)30)29-23(32)19(12-15-4-5-15)28-22(31)18(26)11-14-6-8-17(25)9-7-14/h6-9,15-16,18-20H,2-5,10-13,26H2,1H3,(H,27,30)(H,28,31)(H,29,32)/t16-,18-,19-,20-/m0/s1. The number of carbonyl (C=O) groups is 4. The Kier molecular flexibility index (Phi) is 8.98. The molecule has 5 N–H and O–H groups in total. The fourth-order valence-electron chi connectivity index (χ4n) is 4.14. The molecule has 1 saturated carbocycles. The van der Waals surface area contributed by atoms with Gasteiger partial charge in [-0.15, -0.1) is 0 Å². The van der Waals surface area contributed by atoms with E-state index in [1.807, 2.05) is 0 Å². The van der Waals surface area contributed by atoms with Crippen LogP contribution in [0.4, 0.5) is 4.39 Å². The molecule has 1 saturated heterocycles. The number of piperidine rings is 1. The van der Waals surface area contributed by atoms with Gasteiger partial charge in [0, 0.05) is 12.5 Å². The number of amides is 3. The second kappa shape index (κ2) is 11.9. The molecule has 9 nitrogen and oxygen atoms in total. The number of carbonyl (C=O) groups excluding carboxylic acids is 4. The minimum absolute atomic E-state index is 0.123. The van der Waals surface area contributed by atoms with Crippen molar-refractivity contribution < 1.29 is 28.3 Å². The Morgan fingerprint density at radius 1 is 1.09 bits per heavy atom. The minimum atomic E-state index is -1.00. The third-order valence-electron chi connectivity index (χ3n) is 6.33. The highest BCUT2D eigenvalue weighted by atomic mass is 19.1. The molecule has 0 spiro atoms. The first kappa shape index (κ1) is 25.6. The van der Waals surface area contributed by atoms with E-state index in [0.717, 1.165) is 19.3 Å². The van der Waals surface area contributed by atoms with Gasteiger partial charge in [-0.05, 0) is 55.7 Å². The number of esters is 1. The van der Waals surface area contributed by atoms with Crippen molar-refractivity contribution in [3.05, 3.63) is 35.6 Å². The van der Waals surface area contributed by atoms with Crippen molar-refractivity contribution in [2.24, 2.45) is 17.6 Å². The van der Waals surface area contributed by atoms with E-state index >= 15 is 0 Å². The zero-order valence-electron chi connectivity index (χ0n) is 19.3. The molecule has 4 atom stereocenters. The Hall–Kier alpha value is -3.01. The number of benzene rings is 1. The van der Waals surface area contributed by atoms with Crippen LogP contribution in [-0.2, 0) is 30.3 Å². The van der Waals surface area contributed by atoms with Crippen molar-refractivity contribution in [2.45, 2.75) is 63.1 Å². The summed E-state index contributed by atoms with van der Waals surface area (Å²) < 4.78 is 18.0. The highest BCUT2D eigenvalue weighted by Gasteiger charge is 2.35. The normalized spacial score (nSPS) is 20.4. The highest BCUT2D eigenvalue weighted by molar-refractivity contribution is 5.92. The maximum absolute atomic E-state index is 13.1. The van der Waals surface area contributed by atoms with Crippen molar-refractivity contribution in [2.75, 3.05) is 13.7 Å². The molecule has 0 radical (unpaired) electrons. The highest BCUT2D eigenvalue weighted by Crippen LogP contribution is 2.33. The van der Waals surface area contributed by atoms with Crippen LogP contribution >= 0.6 is 0 Å². The zero-order valence-corrected chi connectivity index (χ0v) is 19.3. The number of rotatable bonds is 11. The molecule has 1 aromatic rings. The number of ether oxygens (including phenoxy) is 1. The van der Waals surface area contributed by atoms with Gasteiger partial charge in [-0.25, -0.2) is 9.18 Å². The van der Waals surface area contributed by atoms with Crippen molar-refractivity contribution in [3.63, 3.8) is 0 Å². The van der Waals surface area contributed by atoms with E-state index in [2.05, 4.69) is 16.0 Å². The predicted octanol–water partition coefficient (Wildman–Crippen LogP) is 0.555. The first-order valence-electron chi connectivity index (χ1n) is 11.7. The Bertz CT molecular complexity index is 890. The van der Waals surface area contributed by atoms with E-state index in [0.29, 0.717) is 30.9 Å². The largest absolute Gasteiger partial charge is 0.467 e. The molecule has 2 aliphatic rings. The van der Waals surface area contributed by atoms with Gasteiger partial charge in [-0.3, -0.25) is 14.4 Å². The molecule has 1 heterocycles. The van der Waals surface area contributed by atoms with Gasteiger partial charge in [0.05, 0.1) is 13.2 Å². The SMILES string of the molecule is COC(=O)[C@H](C[C@@H]1CCCNC1=O)NC(=O)[C@H](CC1CC1)NC(=O)[C@@H](N)Cc1ccc(F)cc1. The number of nitrogens with one attached hydrogen (secondary N) is 3. The summed E-state index contributed by atoms with van der Waals surface area (Å²) >= 11 is 0. The van der Waals surface area contributed by atoms with Gasteiger partial charge in [-0.2, -0.15) is 0 Å². The average molecular weight is 477 g/mol. The van der Waals surface area contributed by atoms with Crippen molar-refractivity contribution in [1.29, 1.82) is 0 Å². The molecule has 2 fully saturated rings. The van der Waals surface area contributed by atoms with Crippen molar-refractivity contribution in [3.8, 4) is 0 Å². The minimum Gasteiger partial charge on any atom is -0.467 e. The third-order valence-corrected chi connectivity index (χ3v) is 6.33. The number of hydrogen-bond acceptors (Lipinski definition) is 6. The molecule has 0 unspecified atom stereocenters. The first-order chi connectivity index (χ1) is 16.3. The molecular formula is C24H33FN4O5. The maximum Gasteiger partial charge on any atom is 0.328 e. The van der Waals surface area contributed by atoms with Crippen LogP contribution in [0.1, 0.15) is 44.1 Å². The summed E-state index contributed by atoms with van der Waals surface area (Å²) in [7, 11) is 1.22. The van der Waals surface area contributed by atoms with Gasteiger partial charge in [0.15, 0.2) is 0 Å². The Balaban J connectivity index is 1.63. The molecule has 0 aromatic heterocycles. The molecule has 0 bridgehead atoms. The predicted molar refractivity (Wildman–Crippen MR) is 122 cm³/mol. The molecule has 10 heteroatoms. The van der Waals surface area contributed by atoms with Gasteiger partial charge in [-0.1, -0.05) is 25.0 Å². The van der Waals surface area contributed by atoms with Gasteiger partial charge in [0.2, 0.25) is 17.7 Å². The lowest BCUT2D eigenvalue weighted by atomic mass is 9.91. The number of halogens is 1. The summed E-state index contributed by atoms with van der Waals surface area (Å²) in [6, 6.07) is 2.90. The Labute approximate surface area is 198 Å². The number of nitrogens with two attached hydrogens (primary N) is 1. The molecule has 186 valence electrons. The maximum atomic E-state index is 13.1. The lowest BCUT2D eigenvalue weighted by Crippen LogP contribution is -2.55. The van der Waals surface area contributed by atoms with Gasteiger partial charge in [0.25, 0.3) is 0 Å². The van der Waals surface area contributed by atoms with E-state index in [1.165, 1.54) is 19.2 Å². The van der Waals surface area contributed by atoms with E-state index in [9.17, 15) is 23.6 Å². The van der Waals surface area contributed by atoms with E-state index < -0.39 is 41.8 Å². The summed E-state index contributed by atoms with van der Waals surface area (Å²) in [5.41, 5.74) is 6.73. The van der Waals surface area contributed by atoms with Gasteiger partial charge < -0.3 is 26.4 Å².